The lowest BCUT2D eigenvalue weighted by atomic mass is 10.0. The Morgan fingerprint density at radius 2 is 1.96 bits per heavy atom. The summed E-state index contributed by atoms with van der Waals surface area (Å²) in [7, 11) is 1.66. The number of benzene rings is 1. The quantitative estimate of drug-likeness (QED) is 0.895. The third-order valence-electron chi connectivity index (χ3n) is 5.31. The van der Waals surface area contributed by atoms with E-state index >= 15 is 0 Å². The Bertz CT molecular complexity index is 725. The van der Waals surface area contributed by atoms with Crippen LogP contribution in [-0.4, -0.2) is 47.1 Å². The van der Waals surface area contributed by atoms with Crippen LogP contribution in [0.2, 0.25) is 0 Å². The number of nitrogens with zero attached hydrogens (tertiary/aromatic N) is 3. The largest absolute Gasteiger partial charge is 0.371 e. The van der Waals surface area contributed by atoms with Crippen molar-refractivity contribution in [2.24, 2.45) is 0 Å². The molecule has 25 heavy (non-hydrogen) atoms. The third kappa shape index (κ3) is 3.44. The highest BCUT2D eigenvalue weighted by molar-refractivity contribution is 5.41. The highest BCUT2D eigenvalue weighted by Gasteiger charge is 2.30. The van der Waals surface area contributed by atoms with E-state index in [9.17, 15) is 4.39 Å². The summed E-state index contributed by atoms with van der Waals surface area (Å²) in [6.07, 6.45) is 5.74. The average molecular weight is 341 g/mol. The van der Waals surface area contributed by atoms with E-state index < -0.39 is 5.82 Å². The second kappa shape index (κ2) is 6.96. The van der Waals surface area contributed by atoms with E-state index in [2.05, 4.69) is 49.8 Å². The number of aromatic nitrogens is 2. The Morgan fingerprint density at radius 3 is 2.68 bits per heavy atom. The maximum absolute atomic E-state index is 13.5. The molecule has 1 atom stereocenters. The van der Waals surface area contributed by atoms with Crippen LogP contribution in [0.15, 0.2) is 30.5 Å². The Kier molecular flexibility index (Phi) is 4.53. The van der Waals surface area contributed by atoms with Crippen LogP contribution < -0.4 is 10.6 Å². The Labute approximate surface area is 147 Å². The maximum Gasteiger partial charge on any atom is 0.225 e. The molecule has 1 aromatic carbocycles. The first-order valence-electron chi connectivity index (χ1n) is 9.00. The van der Waals surface area contributed by atoms with E-state index in [4.69, 9.17) is 0 Å². The number of hydrogen-bond acceptors (Lipinski definition) is 5. The van der Waals surface area contributed by atoms with Gasteiger partial charge in [-0.1, -0.05) is 24.3 Å². The van der Waals surface area contributed by atoms with Crippen LogP contribution in [0.3, 0.4) is 0 Å². The maximum atomic E-state index is 13.5. The molecule has 0 radical (unpaired) electrons. The molecule has 2 N–H and O–H groups in total. The summed E-state index contributed by atoms with van der Waals surface area (Å²) in [4.78, 5) is 10.9. The van der Waals surface area contributed by atoms with Crippen LogP contribution in [-0.2, 0) is 12.8 Å². The second-order valence-corrected chi connectivity index (χ2v) is 6.95. The standard InChI is InChI=1S/C19H24FN5/c1-21-18-17(20)11-22-19(24-18)23-15-7-4-8-25(12-15)16-9-13-5-2-3-6-14(13)10-16/h2-3,5-6,11,15-16H,4,7-10,12H2,1H3,(H2,21,22,23,24)/t15-/m0/s1. The molecule has 2 aromatic rings. The molecule has 1 aliphatic heterocycles. The first kappa shape index (κ1) is 16.3. The number of piperidine rings is 1. The van der Waals surface area contributed by atoms with Crippen molar-refractivity contribution in [3.63, 3.8) is 0 Å². The fourth-order valence-corrected chi connectivity index (χ4v) is 4.04. The molecule has 0 amide bonds. The van der Waals surface area contributed by atoms with Crippen molar-refractivity contribution >= 4 is 11.8 Å². The molecule has 132 valence electrons. The molecule has 1 saturated heterocycles. The Morgan fingerprint density at radius 1 is 1.20 bits per heavy atom. The van der Waals surface area contributed by atoms with Crippen molar-refractivity contribution in [2.75, 3.05) is 30.8 Å². The zero-order valence-electron chi connectivity index (χ0n) is 14.5. The van der Waals surface area contributed by atoms with Gasteiger partial charge in [0.05, 0.1) is 6.20 Å². The summed E-state index contributed by atoms with van der Waals surface area (Å²) < 4.78 is 13.5. The van der Waals surface area contributed by atoms with Gasteiger partial charge in [0, 0.05) is 25.7 Å². The summed E-state index contributed by atoms with van der Waals surface area (Å²) in [6.45, 7) is 2.12. The van der Waals surface area contributed by atoms with E-state index in [0.717, 1.165) is 38.8 Å². The number of anilines is 2. The lowest BCUT2D eigenvalue weighted by Gasteiger charge is -2.37. The predicted molar refractivity (Wildman–Crippen MR) is 97.4 cm³/mol. The van der Waals surface area contributed by atoms with Gasteiger partial charge in [-0.15, -0.1) is 0 Å². The van der Waals surface area contributed by atoms with Crippen molar-refractivity contribution < 1.29 is 4.39 Å². The summed E-state index contributed by atoms with van der Waals surface area (Å²) in [5, 5.41) is 6.15. The fraction of sp³-hybridized carbons (Fsp3) is 0.474. The topological polar surface area (TPSA) is 53.1 Å². The van der Waals surface area contributed by atoms with E-state index in [1.54, 1.807) is 7.05 Å². The lowest BCUT2D eigenvalue weighted by molar-refractivity contribution is 0.158. The van der Waals surface area contributed by atoms with Crippen LogP contribution in [0, 0.1) is 5.82 Å². The van der Waals surface area contributed by atoms with Crippen LogP contribution in [0.1, 0.15) is 24.0 Å². The highest BCUT2D eigenvalue weighted by Crippen LogP contribution is 2.28. The van der Waals surface area contributed by atoms with Crippen molar-refractivity contribution in [3.8, 4) is 0 Å². The van der Waals surface area contributed by atoms with E-state index in [0.29, 0.717) is 18.0 Å². The van der Waals surface area contributed by atoms with Crippen molar-refractivity contribution in [2.45, 2.75) is 37.8 Å². The average Bonchev–Trinajstić information content (AvgIpc) is 3.08. The second-order valence-electron chi connectivity index (χ2n) is 6.95. The summed E-state index contributed by atoms with van der Waals surface area (Å²) >= 11 is 0. The summed E-state index contributed by atoms with van der Waals surface area (Å²) in [5.41, 5.74) is 2.98. The van der Waals surface area contributed by atoms with Crippen LogP contribution in [0.5, 0.6) is 0 Å². The van der Waals surface area contributed by atoms with Crippen molar-refractivity contribution in [3.05, 3.63) is 47.4 Å². The van der Waals surface area contributed by atoms with E-state index in [1.807, 2.05) is 0 Å². The number of rotatable bonds is 4. The monoisotopic (exact) mass is 341 g/mol. The van der Waals surface area contributed by atoms with E-state index in [-0.39, 0.29) is 5.82 Å². The molecule has 1 fully saturated rings. The fourth-order valence-electron chi connectivity index (χ4n) is 4.04. The Balaban J connectivity index is 1.40. The molecule has 1 aromatic heterocycles. The van der Waals surface area contributed by atoms with E-state index in [1.165, 1.54) is 17.3 Å². The molecule has 4 rings (SSSR count). The van der Waals surface area contributed by atoms with Crippen molar-refractivity contribution in [1.29, 1.82) is 0 Å². The van der Waals surface area contributed by atoms with Crippen LogP contribution in [0.4, 0.5) is 16.2 Å². The van der Waals surface area contributed by atoms with Gasteiger partial charge < -0.3 is 10.6 Å². The molecule has 0 unspecified atom stereocenters. The summed E-state index contributed by atoms with van der Waals surface area (Å²) in [5.74, 6) is 0.297. The molecule has 0 bridgehead atoms. The molecule has 6 heteroatoms. The van der Waals surface area contributed by atoms with Crippen molar-refractivity contribution in [1.82, 2.24) is 14.9 Å². The number of hydrogen-bond donors (Lipinski definition) is 2. The summed E-state index contributed by atoms with van der Waals surface area (Å²) in [6, 6.07) is 9.65. The third-order valence-corrected chi connectivity index (χ3v) is 5.31. The molecule has 2 heterocycles. The van der Waals surface area contributed by atoms with Gasteiger partial charge in [0.1, 0.15) is 0 Å². The predicted octanol–water partition coefficient (Wildman–Crippen LogP) is 2.70. The van der Waals surface area contributed by atoms with Gasteiger partial charge in [0.15, 0.2) is 11.6 Å². The van der Waals surface area contributed by atoms with Crippen LogP contribution >= 0.6 is 0 Å². The minimum absolute atomic E-state index is 0.233. The zero-order chi connectivity index (χ0) is 17.2. The van der Waals surface area contributed by atoms with Gasteiger partial charge in [-0.3, -0.25) is 4.90 Å². The zero-order valence-corrected chi connectivity index (χ0v) is 14.5. The molecular formula is C19H24FN5. The highest BCUT2D eigenvalue weighted by atomic mass is 19.1. The van der Waals surface area contributed by atoms with Gasteiger partial charge in [-0.05, 0) is 43.4 Å². The lowest BCUT2D eigenvalue weighted by Crippen LogP contribution is -2.47. The number of fused-ring (bicyclic) bond motifs is 1. The SMILES string of the molecule is CNc1nc(N[C@H]2CCCN(C3Cc4ccccc4C3)C2)ncc1F. The van der Waals surface area contributed by atoms with Gasteiger partial charge in [0.2, 0.25) is 5.95 Å². The Hall–Kier alpha value is -2.21. The number of halogens is 1. The molecule has 1 aliphatic carbocycles. The molecule has 2 aliphatic rings. The minimum Gasteiger partial charge on any atom is -0.371 e. The van der Waals surface area contributed by atoms with Gasteiger partial charge in [-0.25, -0.2) is 9.37 Å². The molecule has 0 saturated carbocycles. The number of likely N-dealkylation sites (tertiary alicyclic amines) is 1. The molecular weight excluding hydrogens is 317 g/mol. The molecule has 5 nitrogen and oxygen atoms in total. The first-order valence-corrected chi connectivity index (χ1v) is 9.00. The smallest absolute Gasteiger partial charge is 0.225 e. The molecule has 0 spiro atoms. The first-order chi connectivity index (χ1) is 12.2. The van der Waals surface area contributed by atoms with Crippen LogP contribution in [0.25, 0.3) is 0 Å². The van der Waals surface area contributed by atoms with Gasteiger partial charge in [0.25, 0.3) is 0 Å². The normalized spacial score (nSPS) is 21.1. The number of nitrogens with one attached hydrogen (secondary N) is 2. The van der Waals surface area contributed by atoms with Gasteiger partial charge >= 0.3 is 0 Å². The minimum atomic E-state index is -0.429. The van der Waals surface area contributed by atoms with Gasteiger partial charge in [-0.2, -0.15) is 4.98 Å².